The molecule has 3 unspecified atom stereocenters. The van der Waals surface area contributed by atoms with Crippen molar-refractivity contribution in [3.63, 3.8) is 0 Å². The van der Waals surface area contributed by atoms with Gasteiger partial charge in [0.15, 0.2) is 0 Å². The summed E-state index contributed by atoms with van der Waals surface area (Å²) in [5.41, 5.74) is -1.23. The molecule has 2 aromatic rings. The molecule has 2 bridgehead atoms. The van der Waals surface area contributed by atoms with Crippen LogP contribution in [0.4, 0.5) is 22.0 Å². The lowest BCUT2D eigenvalue weighted by Gasteiger charge is -2.55. The lowest BCUT2D eigenvalue weighted by molar-refractivity contribution is -0.227. The number of amides is 1. The normalized spacial score (nSPS) is 25.1. The van der Waals surface area contributed by atoms with Crippen molar-refractivity contribution in [3.05, 3.63) is 71.0 Å². The summed E-state index contributed by atoms with van der Waals surface area (Å²) in [6.07, 6.45) is -0.528. The second-order valence-electron chi connectivity index (χ2n) is 14.7. The topological polar surface area (TPSA) is 88.3 Å². The molecule has 4 N–H and O–H groups in total. The van der Waals surface area contributed by atoms with Crippen LogP contribution in [-0.4, -0.2) is 91.2 Å². The Bertz CT molecular complexity index is 1360. The Balaban J connectivity index is 0.00000150. The number of carbonyl (C=O) groups excluding carboxylic acids is 1. The van der Waals surface area contributed by atoms with Crippen molar-refractivity contribution >= 4 is 5.91 Å². The third kappa shape index (κ3) is 12.7. The Morgan fingerprint density at radius 1 is 0.962 bits per heavy atom. The van der Waals surface area contributed by atoms with Crippen molar-refractivity contribution in [2.24, 2.45) is 17.8 Å². The molecule has 0 spiro atoms. The molecule has 5 atom stereocenters. The zero-order valence-corrected chi connectivity index (χ0v) is 33.8. The number of alkyl halides is 4. The Labute approximate surface area is 317 Å². The number of benzene rings is 2. The van der Waals surface area contributed by atoms with E-state index in [1.165, 1.54) is 12.6 Å². The zero-order chi connectivity index (χ0) is 39.4. The maximum atomic E-state index is 14.3. The maximum absolute atomic E-state index is 14.3. The van der Waals surface area contributed by atoms with Gasteiger partial charge in [-0.05, 0) is 100 Å². The maximum Gasteiger partial charge on any atom is 0.423 e. The van der Waals surface area contributed by atoms with E-state index in [9.17, 15) is 26.7 Å². The van der Waals surface area contributed by atoms with Gasteiger partial charge in [-0.2, -0.15) is 13.2 Å². The van der Waals surface area contributed by atoms with E-state index in [1.807, 2.05) is 78.8 Å². The number of nitrogens with zero attached hydrogens (tertiary/aromatic N) is 2. The molecule has 1 amide bonds. The quantitative estimate of drug-likeness (QED) is 0.227. The molecule has 53 heavy (non-hydrogen) atoms. The smallest absolute Gasteiger partial charge is 0.412 e. The molecule has 6 rings (SSSR count). The molecule has 3 saturated carbocycles. The van der Waals surface area contributed by atoms with Gasteiger partial charge in [0.05, 0.1) is 19.3 Å². The fraction of sp³-hybridized carbons (Fsp3) is 0.683. The van der Waals surface area contributed by atoms with Crippen LogP contribution in [0.15, 0.2) is 48.5 Å². The minimum atomic E-state index is -5.06. The monoisotopic (exact) mass is 761 g/mol. The number of carbonyl (C=O) groups is 1. The first kappa shape index (κ1) is 48.4. The number of nitrogens with one attached hydrogen (secondary N) is 2. The highest BCUT2D eigenvalue weighted by Gasteiger charge is 2.56. The van der Waals surface area contributed by atoms with Crippen LogP contribution < -0.4 is 10.6 Å². The summed E-state index contributed by atoms with van der Waals surface area (Å²) in [5, 5.41) is 6.89. The summed E-state index contributed by atoms with van der Waals surface area (Å²) in [7, 11) is 5.01. The number of hydrogen-bond acceptors (Lipinski definition) is 5. The predicted molar refractivity (Wildman–Crippen MR) is 207 cm³/mol. The average molecular weight is 761 g/mol. The summed E-state index contributed by atoms with van der Waals surface area (Å²) in [5.74, 6) is 0.567. The second kappa shape index (κ2) is 21.5. The first-order valence-corrected chi connectivity index (χ1v) is 19.0. The van der Waals surface area contributed by atoms with Crippen LogP contribution >= 0.6 is 0 Å². The first-order valence-electron chi connectivity index (χ1n) is 19.0. The van der Waals surface area contributed by atoms with E-state index < -0.39 is 35.9 Å². The third-order valence-corrected chi connectivity index (χ3v) is 10.6. The summed E-state index contributed by atoms with van der Waals surface area (Å²) in [6.45, 7) is 14.5. The van der Waals surface area contributed by atoms with Crippen LogP contribution in [0.5, 0.6) is 0 Å². The molecule has 0 radical (unpaired) electrons. The molecule has 1 saturated heterocycles. The molecule has 12 heteroatoms. The number of ether oxygens (including phenoxy) is 1. The summed E-state index contributed by atoms with van der Waals surface area (Å²) >= 11 is 0. The van der Waals surface area contributed by atoms with E-state index in [1.54, 1.807) is 13.2 Å². The lowest BCUT2D eigenvalue weighted by Crippen LogP contribution is -2.58. The van der Waals surface area contributed by atoms with Crippen LogP contribution in [0, 0.1) is 23.6 Å². The molecular weight excluding hydrogens is 691 g/mol. The fourth-order valence-electron chi connectivity index (χ4n) is 7.59. The van der Waals surface area contributed by atoms with E-state index in [0.29, 0.717) is 43.3 Å². The lowest BCUT2D eigenvalue weighted by atomic mass is 9.56. The number of rotatable bonds is 11. The molecule has 7 nitrogen and oxygen atoms in total. The van der Waals surface area contributed by atoms with E-state index in [2.05, 4.69) is 34.7 Å². The number of hydrogen-bond donors (Lipinski definition) is 2. The van der Waals surface area contributed by atoms with Crippen LogP contribution in [0.1, 0.15) is 92.8 Å². The standard InChI is InChI=1S/C28H41F5N4O.C9H12O.2C2H6.H2O.H2/c1-7-17-9-8-16(10-21(17)29)14-36(5)22-13-20(18-11-19(22)12-18)24-34-23(26(2,3)35-24)25(38)37(6)15-27(4,30)28(31,32)33;1-10-8-7-9-5-3-2-4-6-9;2*1-2;;/h8-10,18-20,22-24,34-35H,7,11-15H2,1-6H3;2-6H,7-8H2,1H3;2*1-2H3;1H2;1H/t18?,19?,20-,22?,23-,24?,27?;;;;;/m0...../s1. The highest BCUT2D eigenvalue weighted by molar-refractivity contribution is 5.83. The highest BCUT2D eigenvalue weighted by Crippen LogP contribution is 2.52. The molecule has 2 aromatic carbocycles. The predicted octanol–water partition coefficient (Wildman–Crippen LogP) is 8.00. The van der Waals surface area contributed by atoms with Gasteiger partial charge < -0.3 is 15.1 Å². The van der Waals surface area contributed by atoms with Crippen LogP contribution in [0.2, 0.25) is 0 Å². The van der Waals surface area contributed by atoms with Crippen molar-refractivity contribution in [1.82, 2.24) is 20.4 Å². The first-order chi connectivity index (χ1) is 24.5. The second-order valence-corrected chi connectivity index (χ2v) is 14.7. The van der Waals surface area contributed by atoms with Crippen molar-refractivity contribution in [3.8, 4) is 0 Å². The minimum absolute atomic E-state index is 0. The molecule has 4 aliphatic rings. The number of aryl methyl sites for hydroxylation is 1. The van der Waals surface area contributed by atoms with Crippen LogP contribution in [-0.2, 0) is 28.9 Å². The van der Waals surface area contributed by atoms with Gasteiger partial charge in [0, 0.05) is 33.7 Å². The van der Waals surface area contributed by atoms with E-state index >= 15 is 0 Å². The average Bonchev–Trinajstić information content (AvgIpc) is 3.42. The molecule has 4 fully saturated rings. The highest BCUT2D eigenvalue weighted by atomic mass is 19.4. The number of methoxy groups -OCH3 is 1. The Morgan fingerprint density at radius 3 is 2.09 bits per heavy atom. The molecular formula is C41H69F5N4O3. The summed E-state index contributed by atoms with van der Waals surface area (Å²) in [4.78, 5) is 16.3. The van der Waals surface area contributed by atoms with Gasteiger partial charge >= 0.3 is 6.18 Å². The van der Waals surface area contributed by atoms with Gasteiger partial charge in [-0.15, -0.1) is 0 Å². The fourth-order valence-corrected chi connectivity index (χ4v) is 7.59. The molecule has 1 aliphatic heterocycles. The minimum Gasteiger partial charge on any atom is -0.412 e. The van der Waals surface area contributed by atoms with Crippen molar-refractivity contribution < 1.29 is 38.4 Å². The van der Waals surface area contributed by atoms with Gasteiger partial charge in [-0.1, -0.05) is 77.1 Å². The molecule has 306 valence electrons. The van der Waals surface area contributed by atoms with Gasteiger partial charge in [0.25, 0.3) is 0 Å². The van der Waals surface area contributed by atoms with Gasteiger partial charge in [0.1, 0.15) is 11.9 Å². The van der Waals surface area contributed by atoms with Crippen LogP contribution in [0.25, 0.3) is 0 Å². The van der Waals surface area contributed by atoms with E-state index in [-0.39, 0.29) is 24.8 Å². The summed E-state index contributed by atoms with van der Waals surface area (Å²) in [6, 6.07) is 15.3. The van der Waals surface area contributed by atoms with Gasteiger partial charge in [-0.25, -0.2) is 8.78 Å². The molecule has 1 heterocycles. The van der Waals surface area contributed by atoms with Crippen molar-refractivity contribution in [2.75, 3.05) is 34.4 Å². The molecule has 0 aromatic heterocycles. The molecule has 3 aliphatic carbocycles. The number of halogens is 5. The van der Waals surface area contributed by atoms with Crippen LogP contribution in [0.3, 0.4) is 0 Å². The van der Waals surface area contributed by atoms with Gasteiger partial charge in [-0.3, -0.25) is 20.3 Å². The third-order valence-electron chi connectivity index (χ3n) is 10.6. The van der Waals surface area contributed by atoms with Gasteiger partial charge in [0.2, 0.25) is 11.6 Å². The SMILES string of the molecule is CC.CC.CCc1ccc(CN(C)C2C[C@H](C3N[C@@H](C(=O)N(C)CC(C)(F)C(F)(F)F)C(C)(C)N3)C3CC2C3)cc1F.COCCc1ccccc1.O.[HH]. The van der Waals surface area contributed by atoms with Crippen molar-refractivity contribution in [2.45, 2.75) is 130 Å². The largest absolute Gasteiger partial charge is 0.423 e. The van der Waals surface area contributed by atoms with E-state index in [0.717, 1.165) is 42.8 Å². The number of likely N-dealkylation sites (N-methyl/N-ethyl adjacent to an activating group) is 1. The summed E-state index contributed by atoms with van der Waals surface area (Å²) < 4.78 is 72.7. The Hall–Kier alpha value is -2.64. The zero-order valence-electron chi connectivity index (χ0n) is 33.8. The number of fused-ring (bicyclic) bond motifs is 2. The Morgan fingerprint density at radius 2 is 1.57 bits per heavy atom. The Kier molecular flexibility index (Phi) is 19.6. The van der Waals surface area contributed by atoms with E-state index in [4.69, 9.17) is 4.74 Å². The van der Waals surface area contributed by atoms with Crippen molar-refractivity contribution in [1.29, 1.82) is 0 Å².